The number of hydroxylamine groups is 4. The number of nitrogens with zero attached hydrogens (tertiary/aromatic N) is 4. The number of furan rings is 2. The number of allylic oxidation sites excluding steroid dienone is 4. The number of carbonyl (C=O) groups is 6. The van der Waals surface area contributed by atoms with Crippen molar-refractivity contribution in [2.45, 2.75) is 103 Å². The van der Waals surface area contributed by atoms with Gasteiger partial charge in [0.1, 0.15) is 22.3 Å². The largest absolute Gasteiger partial charge is 0.456 e. The van der Waals surface area contributed by atoms with E-state index < -0.39 is 107 Å². The van der Waals surface area contributed by atoms with Gasteiger partial charge in [0.15, 0.2) is 22.1 Å². The van der Waals surface area contributed by atoms with Gasteiger partial charge < -0.3 is 32.6 Å². The minimum Gasteiger partial charge on any atom is -0.456 e. The van der Waals surface area contributed by atoms with Crippen LogP contribution in [0.4, 0.5) is 5.69 Å². The number of aromatic nitrogens is 1. The van der Waals surface area contributed by atoms with Gasteiger partial charge in [0.05, 0.1) is 38.4 Å². The lowest BCUT2D eigenvalue weighted by Gasteiger charge is -2.18. The molecule has 3 aliphatic heterocycles. The molecule has 0 aliphatic carbocycles. The van der Waals surface area contributed by atoms with Gasteiger partial charge in [0, 0.05) is 68.3 Å². The van der Waals surface area contributed by atoms with Crippen LogP contribution in [0, 0.1) is 0 Å². The van der Waals surface area contributed by atoms with Gasteiger partial charge in [0.2, 0.25) is 11.5 Å². The van der Waals surface area contributed by atoms with Crippen molar-refractivity contribution in [2.75, 3.05) is 11.4 Å². The van der Waals surface area contributed by atoms with Crippen LogP contribution in [0.1, 0.15) is 82.9 Å². The summed E-state index contributed by atoms with van der Waals surface area (Å²) in [5.74, 6) is -4.74. The zero-order chi connectivity index (χ0) is 59.5. The lowest BCUT2D eigenvalue weighted by atomic mass is 10.1. The highest BCUT2D eigenvalue weighted by Crippen LogP contribution is 2.50. The van der Waals surface area contributed by atoms with E-state index >= 15 is 0 Å². The summed E-state index contributed by atoms with van der Waals surface area (Å²) in [4.78, 5) is 81.4. The summed E-state index contributed by atoms with van der Waals surface area (Å²) in [5.41, 5.74) is -0.619. The Hall–Kier alpha value is -8.37. The van der Waals surface area contributed by atoms with Crippen molar-refractivity contribution in [3.8, 4) is 5.75 Å². The molecule has 0 saturated carbocycles. The summed E-state index contributed by atoms with van der Waals surface area (Å²) >= 11 is 0. The van der Waals surface area contributed by atoms with Crippen LogP contribution in [0.3, 0.4) is 0 Å². The van der Waals surface area contributed by atoms with Crippen LogP contribution < -0.4 is 14.2 Å². The summed E-state index contributed by atoms with van der Waals surface area (Å²) in [6.45, 7) is 0.0983. The van der Waals surface area contributed by atoms with Crippen molar-refractivity contribution in [3.05, 3.63) is 84.6 Å². The second-order valence-electron chi connectivity index (χ2n) is 19.1. The van der Waals surface area contributed by atoms with Crippen LogP contribution in [0.15, 0.2) is 112 Å². The normalized spacial score (nSPS) is 16.0. The van der Waals surface area contributed by atoms with Crippen molar-refractivity contribution in [1.82, 2.24) is 10.1 Å². The molecule has 4 aromatic carbocycles. The van der Waals surface area contributed by atoms with Gasteiger partial charge in [-0.25, -0.2) is 9.59 Å². The average Bonchev–Trinajstić information content (AvgIpc) is 1.83. The quantitative estimate of drug-likeness (QED) is 0.0206. The molecule has 83 heavy (non-hydrogen) atoms. The Morgan fingerprint density at radius 2 is 1.07 bits per heavy atom. The van der Waals surface area contributed by atoms with Gasteiger partial charge in [-0.2, -0.15) is 38.2 Å². The highest BCUT2D eigenvalue weighted by atomic mass is 32.2. The van der Waals surface area contributed by atoms with E-state index in [1.54, 1.807) is 0 Å². The Balaban J connectivity index is 0.977. The summed E-state index contributed by atoms with van der Waals surface area (Å²) in [5, 5.41) is 0.0473. The first-order chi connectivity index (χ1) is 39.2. The molecule has 436 valence electrons. The minimum atomic E-state index is -5.24. The molecule has 32 heteroatoms. The Kier molecular flexibility index (Phi) is 15.4. The predicted molar refractivity (Wildman–Crippen MR) is 282 cm³/mol. The number of unbranched alkanes of at least 4 members (excludes halogenated alkanes) is 4. The molecule has 0 radical (unpaired) electrons. The molecule has 0 atom stereocenters. The molecule has 10 rings (SSSR count). The molecule has 2 fully saturated rings. The third-order valence-corrected chi connectivity index (χ3v) is 17.0. The zero-order valence-electron chi connectivity index (χ0n) is 42.8. The van der Waals surface area contributed by atoms with E-state index in [1.165, 1.54) is 64.1 Å². The van der Waals surface area contributed by atoms with Crippen LogP contribution in [0.25, 0.3) is 61.1 Å². The maximum absolute atomic E-state index is 13.3. The SMILES string of the molecule is O=C(CCCCCN1/C(=C/C=C/C=C/c2oc3c(S(=O)(=O)O)c4c(cc3[n+]2CCCCCC(=O)ON2C(=O)CCC2=O)oc2ccc(S(=O)(=O)O)cc24)Oc2c1cc1oc3ccc(S(=O)(=O)O)cc3c1c2S(=O)(=O)O)ON1C(=O)CCC1=O. The zero-order valence-corrected chi connectivity index (χ0v) is 46.0. The molecule has 6 heterocycles. The lowest BCUT2D eigenvalue weighted by Crippen LogP contribution is -2.35. The maximum atomic E-state index is 13.3. The molecular formula is C51H45N4O24S4+. The van der Waals surface area contributed by atoms with Crippen LogP contribution >= 0.6 is 0 Å². The van der Waals surface area contributed by atoms with Crippen molar-refractivity contribution in [1.29, 1.82) is 0 Å². The number of oxazole rings is 1. The first kappa shape index (κ1) is 57.8. The van der Waals surface area contributed by atoms with Crippen LogP contribution in [-0.2, 0) is 85.5 Å². The van der Waals surface area contributed by atoms with Gasteiger partial charge in [-0.15, -0.1) is 10.1 Å². The first-order valence-corrected chi connectivity index (χ1v) is 30.9. The van der Waals surface area contributed by atoms with Crippen LogP contribution in [-0.4, -0.2) is 104 Å². The molecule has 0 bridgehead atoms. The molecule has 2 saturated heterocycles. The van der Waals surface area contributed by atoms with Crippen molar-refractivity contribution in [3.63, 3.8) is 0 Å². The smallest absolute Gasteiger partial charge is 0.374 e. The van der Waals surface area contributed by atoms with Gasteiger partial charge >= 0.3 is 17.8 Å². The Morgan fingerprint density at radius 1 is 0.566 bits per heavy atom. The third-order valence-electron chi connectivity index (χ3n) is 13.5. The molecule has 0 unspecified atom stereocenters. The molecule has 0 spiro atoms. The number of carbonyl (C=O) groups excluding carboxylic acids is 6. The third kappa shape index (κ3) is 11.7. The number of hydrogen-bond donors (Lipinski definition) is 4. The van der Waals surface area contributed by atoms with E-state index in [0.717, 1.165) is 24.3 Å². The Bertz CT molecular complexity index is 4500. The Labute approximate surface area is 468 Å². The van der Waals surface area contributed by atoms with Crippen molar-refractivity contribution < 1.29 is 113 Å². The molecule has 3 aromatic heterocycles. The number of ether oxygens (including phenoxy) is 1. The highest BCUT2D eigenvalue weighted by Gasteiger charge is 2.38. The average molecular weight is 1230 g/mol. The summed E-state index contributed by atoms with van der Waals surface area (Å²) in [6.07, 6.45) is 7.95. The molecule has 7 aromatic rings. The van der Waals surface area contributed by atoms with Crippen LogP contribution in [0.2, 0.25) is 0 Å². The molecule has 4 N–H and O–H groups in total. The number of hydrogen-bond acceptors (Lipinski definition) is 21. The van der Waals surface area contributed by atoms with Gasteiger partial charge in [-0.05, 0) is 68.2 Å². The first-order valence-electron chi connectivity index (χ1n) is 25.1. The van der Waals surface area contributed by atoms with Gasteiger partial charge in [0.25, 0.3) is 69.6 Å². The summed E-state index contributed by atoms with van der Waals surface area (Å²) in [6, 6.07) is 9.09. The van der Waals surface area contributed by atoms with Crippen molar-refractivity contribution in [2.24, 2.45) is 0 Å². The highest BCUT2D eigenvalue weighted by molar-refractivity contribution is 7.87. The van der Waals surface area contributed by atoms with E-state index in [1.807, 2.05) is 0 Å². The number of imide groups is 2. The number of anilines is 1. The fourth-order valence-electron chi connectivity index (χ4n) is 9.76. The van der Waals surface area contributed by atoms with E-state index in [0.29, 0.717) is 23.0 Å². The van der Waals surface area contributed by atoms with E-state index in [-0.39, 0.29) is 144 Å². The topological polar surface area (TPSA) is 401 Å². The number of aryl methyl sites for hydroxylation is 1. The number of fused-ring (bicyclic) bond motifs is 8. The molecular weight excluding hydrogens is 1180 g/mol. The molecule has 28 nitrogen and oxygen atoms in total. The molecule has 3 aliphatic rings. The fraction of sp³-hybridized carbons (Fsp3) is 0.275. The van der Waals surface area contributed by atoms with Crippen molar-refractivity contribution >= 4 is 143 Å². The monoisotopic (exact) mass is 1230 g/mol. The predicted octanol–water partition coefficient (Wildman–Crippen LogP) is 6.15. The van der Waals surface area contributed by atoms with Gasteiger partial charge in [-0.3, -0.25) is 37.4 Å². The second-order valence-corrected chi connectivity index (χ2v) is 24.6. The molecule has 4 amide bonds. The summed E-state index contributed by atoms with van der Waals surface area (Å²) in [7, 11) is -20.1. The number of benzene rings is 4. The number of amides is 4. The fourth-order valence-corrected chi connectivity index (χ4v) is 12.5. The van der Waals surface area contributed by atoms with E-state index in [4.69, 9.17) is 27.7 Å². The standard InChI is InChI=1S/C51H44N4O24S4/c56-38-18-19-39(57)54(38)78-44(60)12-6-2-8-22-52-32-26-36-46(30-24-28(80(62,63)64)14-16-34(30)74-36)50(82(68,69)70)48(32)76-42(52)10-4-1-5-11-43-53(23-9-3-7-13-45(61)79-55-40(58)20-21-41(55)59)33-27-37-47(51(49(33)77-43)83(71,72)73)31-25-29(81(65,66)67)15-17-35(31)75-37/h1,4-5,10-11,14-17,24-27H,2-3,6-9,12-13,18-23H2,(H3-,62,63,64,65,66,67,68,69,70,71,72,73)/p+1. The minimum absolute atomic E-state index is 0.0200. The number of rotatable bonds is 21. The maximum Gasteiger partial charge on any atom is 0.374 e. The van der Waals surface area contributed by atoms with E-state index in [9.17, 15) is 80.6 Å². The Morgan fingerprint density at radius 3 is 1.59 bits per heavy atom. The second kappa shape index (κ2) is 22.1. The summed E-state index contributed by atoms with van der Waals surface area (Å²) < 4.78 is 169. The lowest BCUT2D eigenvalue weighted by molar-refractivity contribution is -0.678. The van der Waals surface area contributed by atoms with Crippen LogP contribution in [0.5, 0.6) is 5.75 Å². The van der Waals surface area contributed by atoms with Gasteiger partial charge in [-0.1, -0.05) is 24.6 Å². The van der Waals surface area contributed by atoms with E-state index in [2.05, 4.69) is 0 Å².